The maximum absolute atomic E-state index is 13.8. The van der Waals surface area contributed by atoms with Gasteiger partial charge in [0.2, 0.25) is 5.88 Å². The number of fused-ring (bicyclic) bond motifs is 1. The maximum atomic E-state index is 13.8. The van der Waals surface area contributed by atoms with Gasteiger partial charge in [-0.1, -0.05) is 56.3 Å². The number of ether oxygens (including phenoxy) is 3. The van der Waals surface area contributed by atoms with Crippen molar-refractivity contribution in [3.8, 4) is 22.8 Å². The van der Waals surface area contributed by atoms with Gasteiger partial charge in [-0.2, -0.15) is 0 Å². The molecule has 4 rings (SSSR count). The predicted molar refractivity (Wildman–Crippen MR) is 141 cm³/mol. The van der Waals surface area contributed by atoms with E-state index in [9.17, 15) is 14.3 Å². The van der Waals surface area contributed by atoms with Gasteiger partial charge < -0.3 is 19.3 Å². The molecular weight excluding hydrogens is 473 g/mol. The number of hydrogen-bond donors (Lipinski definition) is 1. The summed E-state index contributed by atoms with van der Waals surface area (Å²) >= 11 is 0. The SMILES string of the molecule is COCC(C)(C)c1nc(OC(C)C(=O)O)c2cc(OCc3ccccc3)ccc2c1-c1ccc(F)cc1. The molecule has 3 aromatic carbocycles. The summed E-state index contributed by atoms with van der Waals surface area (Å²) in [6, 6.07) is 21.6. The molecule has 4 aromatic rings. The van der Waals surface area contributed by atoms with Crippen LogP contribution in [0.15, 0.2) is 72.8 Å². The third-order valence-electron chi connectivity index (χ3n) is 6.10. The topological polar surface area (TPSA) is 77.9 Å². The van der Waals surface area contributed by atoms with Gasteiger partial charge in [-0.3, -0.25) is 0 Å². The Morgan fingerprint density at radius 3 is 2.38 bits per heavy atom. The molecule has 0 aliphatic rings. The van der Waals surface area contributed by atoms with E-state index in [4.69, 9.17) is 19.2 Å². The molecule has 0 saturated carbocycles. The zero-order valence-corrected chi connectivity index (χ0v) is 21.3. The number of carboxylic acids is 1. The van der Waals surface area contributed by atoms with Gasteiger partial charge >= 0.3 is 5.97 Å². The minimum absolute atomic E-state index is 0.181. The largest absolute Gasteiger partial charge is 0.489 e. The molecule has 1 atom stereocenters. The van der Waals surface area contributed by atoms with E-state index in [0.717, 1.165) is 22.1 Å². The first-order chi connectivity index (χ1) is 17.7. The fourth-order valence-electron chi connectivity index (χ4n) is 4.23. The Balaban J connectivity index is 1.93. The number of pyridine rings is 1. The van der Waals surface area contributed by atoms with Crippen LogP contribution in [0.5, 0.6) is 11.6 Å². The lowest BCUT2D eigenvalue weighted by Gasteiger charge is -2.28. The summed E-state index contributed by atoms with van der Waals surface area (Å²) in [7, 11) is 1.61. The first kappa shape index (κ1) is 26.1. The number of nitrogens with zero attached hydrogens (tertiary/aromatic N) is 1. The van der Waals surface area contributed by atoms with Crippen molar-refractivity contribution < 1.29 is 28.5 Å². The third kappa shape index (κ3) is 5.89. The molecule has 6 nitrogen and oxygen atoms in total. The van der Waals surface area contributed by atoms with Gasteiger partial charge in [0.25, 0.3) is 0 Å². The van der Waals surface area contributed by atoms with E-state index in [1.807, 2.05) is 56.3 Å². The summed E-state index contributed by atoms with van der Waals surface area (Å²) in [6.45, 7) is 6.15. The van der Waals surface area contributed by atoms with Crippen molar-refractivity contribution in [1.29, 1.82) is 0 Å². The van der Waals surface area contributed by atoms with Crippen molar-refractivity contribution in [1.82, 2.24) is 4.98 Å². The molecule has 0 amide bonds. The Bertz CT molecular complexity index is 1390. The zero-order valence-electron chi connectivity index (χ0n) is 21.3. The molecule has 192 valence electrons. The van der Waals surface area contributed by atoms with Crippen molar-refractivity contribution in [3.05, 3.63) is 89.9 Å². The number of aliphatic carboxylic acids is 1. The van der Waals surface area contributed by atoms with Crippen molar-refractivity contribution >= 4 is 16.7 Å². The van der Waals surface area contributed by atoms with Crippen molar-refractivity contribution in [2.75, 3.05) is 13.7 Å². The molecule has 0 fully saturated rings. The van der Waals surface area contributed by atoms with Gasteiger partial charge in [0.05, 0.1) is 12.3 Å². The van der Waals surface area contributed by atoms with Gasteiger partial charge in [-0.25, -0.2) is 14.2 Å². The second-order valence-corrected chi connectivity index (χ2v) is 9.54. The molecule has 37 heavy (non-hydrogen) atoms. The van der Waals surface area contributed by atoms with Crippen LogP contribution in [0, 0.1) is 5.82 Å². The van der Waals surface area contributed by atoms with E-state index in [0.29, 0.717) is 30.0 Å². The van der Waals surface area contributed by atoms with Crippen LogP contribution in [-0.2, 0) is 21.6 Å². The van der Waals surface area contributed by atoms with Gasteiger partial charge in [0, 0.05) is 23.5 Å². The van der Waals surface area contributed by atoms with E-state index in [1.165, 1.54) is 19.1 Å². The van der Waals surface area contributed by atoms with E-state index < -0.39 is 17.5 Å². The van der Waals surface area contributed by atoms with E-state index in [2.05, 4.69) is 0 Å². The second kappa shape index (κ2) is 11.0. The summed E-state index contributed by atoms with van der Waals surface area (Å²) in [5, 5.41) is 10.9. The number of halogens is 1. The third-order valence-corrected chi connectivity index (χ3v) is 6.10. The predicted octanol–water partition coefficient (Wildman–Crippen LogP) is 6.40. The summed E-state index contributed by atoms with van der Waals surface area (Å²) < 4.78 is 31.2. The molecule has 0 radical (unpaired) electrons. The highest BCUT2D eigenvalue weighted by Gasteiger charge is 2.30. The molecule has 0 bridgehead atoms. The molecule has 1 unspecified atom stereocenters. The summed E-state index contributed by atoms with van der Waals surface area (Å²) in [5.74, 6) is -0.683. The number of hydrogen-bond acceptors (Lipinski definition) is 5. The normalized spacial score (nSPS) is 12.4. The number of carboxylic acid groups (broad SMARTS) is 1. The van der Waals surface area contributed by atoms with Gasteiger partial charge in [0.1, 0.15) is 18.2 Å². The molecule has 0 aliphatic carbocycles. The second-order valence-electron chi connectivity index (χ2n) is 9.54. The van der Waals surface area contributed by atoms with E-state index in [-0.39, 0.29) is 11.7 Å². The van der Waals surface area contributed by atoms with Crippen LogP contribution in [0.4, 0.5) is 4.39 Å². The molecule has 0 saturated heterocycles. The highest BCUT2D eigenvalue weighted by Crippen LogP contribution is 2.42. The van der Waals surface area contributed by atoms with E-state index in [1.54, 1.807) is 25.3 Å². The zero-order chi connectivity index (χ0) is 26.6. The number of methoxy groups -OCH3 is 1. The molecule has 0 aliphatic heterocycles. The van der Waals surface area contributed by atoms with Crippen LogP contribution >= 0.6 is 0 Å². The van der Waals surface area contributed by atoms with Crippen LogP contribution in [0.1, 0.15) is 32.0 Å². The summed E-state index contributed by atoms with van der Waals surface area (Å²) in [5.41, 5.74) is 2.66. The van der Waals surface area contributed by atoms with Crippen LogP contribution in [0.2, 0.25) is 0 Å². The fraction of sp³-hybridized carbons (Fsp3) is 0.267. The number of rotatable bonds is 10. The standard InChI is InChI=1S/C30H30FNO5/c1-19(29(33)34)37-28-25-16-23(36-17-20-8-6-5-7-9-20)14-15-24(25)26(21-10-12-22(31)13-11-21)27(32-28)30(2,3)18-35-4/h5-16,19H,17-18H2,1-4H3,(H,33,34). The lowest BCUT2D eigenvalue weighted by atomic mass is 9.83. The Labute approximate surface area is 215 Å². The van der Waals surface area contributed by atoms with Gasteiger partial charge in [-0.05, 0) is 53.8 Å². The van der Waals surface area contributed by atoms with Crippen molar-refractivity contribution in [2.45, 2.75) is 38.9 Å². The van der Waals surface area contributed by atoms with Crippen LogP contribution in [0.3, 0.4) is 0 Å². The molecule has 7 heteroatoms. The number of benzene rings is 3. The highest BCUT2D eigenvalue weighted by molar-refractivity contribution is 6.01. The van der Waals surface area contributed by atoms with Crippen molar-refractivity contribution in [2.24, 2.45) is 0 Å². The van der Waals surface area contributed by atoms with Gasteiger partial charge in [-0.15, -0.1) is 0 Å². The van der Waals surface area contributed by atoms with Crippen LogP contribution in [-0.4, -0.2) is 35.9 Å². The van der Waals surface area contributed by atoms with Gasteiger partial charge in [0.15, 0.2) is 6.10 Å². The average molecular weight is 504 g/mol. The molecular formula is C30H30FNO5. The minimum atomic E-state index is -1.13. The monoisotopic (exact) mass is 503 g/mol. The van der Waals surface area contributed by atoms with Crippen molar-refractivity contribution in [3.63, 3.8) is 0 Å². The molecule has 0 spiro atoms. The molecule has 1 aromatic heterocycles. The molecule has 1 N–H and O–H groups in total. The smallest absolute Gasteiger partial charge is 0.344 e. The van der Waals surface area contributed by atoms with Crippen LogP contribution < -0.4 is 9.47 Å². The first-order valence-electron chi connectivity index (χ1n) is 12.0. The minimum Gasteiger partial charge on any atom is -0.489 e. The van der Waals surface area contributed by atoms with E-state index >= 15 is 0 Å². The number of aromatic nitrogens is 1. The quantitative estimate of drug-likeness (QED) is 0.270. The first-order valence-corrected chi connectivity index (χ1v) is 12.0. The lowest BCUT2D eigenvalue weighted by molar-refractivity contribution is -0.144. The Kier molecular flexibility index (Phi) is 7.74. The average Bonchev–Trinajstić information content (AvgIpc) is 2.88. The number of carbonyl (C=O) groups is 1. The highest BCUT2D eigenvalue weighted by atomic mass is 19.1. The Hall–Kier alpha value is -3.97. The summed E-state index contributed by atoms with van der Waals surface area (Å²) in [4.78, 5) is 16.5. The lowest BCUT2D eigenvalue weighted by Crippen LogP contribution is -2.28. The summed E-state index contributed by atoms with van der Waals surface area (Å²) in [6.07, 6.45) is -1.13. The maximum Gasteiger partial charge on any atom is 0.344 e. The Morgan fingerprint density at radius 1 is 1.03 bits per heavy atom. The Morgan fingerprint density at radius 2 is 1.73 bits per heavy atom. The fourth-order valence-corrected chi connectivity index (χ4v) is 4.23. The molecule has 1 heterocycles. The van der Waals surface area contributed by atoms with Crippen LogP contribution in [0.25, 0.3) is 21.9 Å².